The number of carbonyl (C=O) groups excluding carboxylic acids is 2. The monoisotopic (exact) mass is 359 g/mol. The van der Waals surface area contributed by atoms with Crippen LogP contribution in [0.2, 0.25) is 0 Å². The lowest BCUT2D eigenvalue weighted by Crippen LogP contribution is -2.42. The van der Waals surface area contributed by atoms with Crippen LogP contribution in [-0.4, -0.2) is 54.3 Å². The number of halogens is 1. The van der Waals surface area contributed by atoms with Crippen LogP contribution in [0.4, 0.5) is 0 Å². The van der Waals surface area contributed by atoms with E-state index in [1.165, 1.54) is 19.3 Å². The second-order valence-electron chi connectivity index (χ2n) is 7.66. The fraction of sp³-hybridized carbons (Fsp3) is 0.889. The number of carbonyl (C=O) groups is 2. The van der Waals surface area contributed by atoms with Gasteiger partial charge in [-0.3, -0.25) is 9.59 Å². The Kier molecular flexibility index (Phi) is 8.51. The minimum Gasteiger partial charge on any atom is -0.341 e. The van der Waals surface area contributed by atoms with Crippen molar-refractivity contribution in [3.8, 4) is 0 Å². The Labute approximate surface area is 152 Å². The molecule has 6 heteroatoms. The lowest BCUT2D eigenvalue weighted by Gasteiger charge is -2.37. The standard InChI is InChI=1S/C18H33N3O2.ClH/c1-15(2)17(23)21-10-6-9-20(11-12-21)16(22)13-18(14-19)7-4-3-5-8-18;/h15H,3-14,19H2,1-2H3;1H. The molecule has 2 aliphatic rings. The Morgan fingerprint density at radius 1 is 0.958 bits per heavy atom. The normalized spacial score (nSPS) is 21.2. The number of nitrogens with zero attached hydrogens (tertiary/aromatic N) is 2. The molecule has 0 radical (unpaired) electrons. The largest absolute Gasteiger partial charge is 0.341 e. The van der Waals surface area contributed by atoms with Crippen molar-refractivity contribution in [2.45, 2.75) is 58.8 Å². The molecule has 1 saturated heterocycles. The number of hydrogen-bond donors (Lipinski definition) is 1. The van der Waals surface area contributed by atoms with Gasteiger partial charge in [0.15, 0.2) is 0 Å². The molecule has 0 bridgehead atoms. The van der Waals surface area contributed by atoms with Crippen LogP contribution in [0.15, 0.2) is 0 Å². The molecule has 140 valence electrons. The molecule has 1 heterocycles. The van der Waals surface area contributed by atoms with Crippen LogP contribution in [-0.2, 0) is 9.59 Å². The zero-order valence-corrected chi connectivity index (χ0v) is 16.1. The highest BCUT2D eigenvalue weighted by Gasteiger charge is 2.35. The second-order valence-corrected chi connectivity index (χ2v) is 7.66. The molecule has 2 fully saturated rings. The first-order valence-corrected chi connectivity index (χ1v) is 9.24. The summed E-state index contributed by atoms with van der Waals surface area (Å²) < 4.78 is 0. The van der Waals surface area contributed by atoms with Gasteiger partial charge in [-0.15, -0.1) is 12.4 Å². The quantitative estimate of drug-likeness (QED) is 0.838. The van der Waals surface area contributed by atoms with Gasteiger partial charge in [-0.1, -0.05) is 33.1 Å². The Morgan fingerprint density at radius 3 is 2.12 bits per heavy atom. The van der Waals surface area contributed by atoms with E-state index in [2.05, 4.69) is 0 Å². The minimum atomic E-state index is 0. The van der Waals surface area contributed by atoms with Gasteiger partial charge in [0.25, 0.3) is 0 Å². The summed E-state index contributed by atoms with van der Waals surface area (Å²) in [6, 6.07) is 0. The van der Waals surface area contributed by atoms with Crippen molar-refractivity contribution in [3.63, 3.8) is 0 Å². The molecule has 0 spiro atoms. The van der Waals surface area contributed by atoms with Crippen molar-refractivity contribution in [1.82, 2.24) is 9.80 Å². The van der Waals surface area contributed by atoms with E-state index in [0.717, 1.165) is 32.4 Å². The van der Waals surface area contributed by atoms with E-state index in [1.54, 1.807) is 0 Å². The van der Waals surface area contributed by atoms with E-state index < -0.39 is 0 Å². The number of nitrogens with two attached hydrogens (primary N) is 1. The summed E-state index contributed by atoms with van der Waals surface area (Å²) in [6.07, 6.45) is 7.29. The molecule has 0 atom stereocenters. The lowest BCUT2D eigenvalue weighted by atomic mass is 9.71. The van der Waals surface area contributed by atoms with Gasteiger partial charge in [-0.05, 0) is 31.2 Å². The first-order chi connectivity index (χ1) is 11.0. The molecular formula is C18H34ClN3O2. The van der Waals surface area contributed by atoms with Crippen molar-refractivity contribution < 1.29 is 9.59 Å². The van der Waals surface area contributed by atoms with Crippen LogP contribution in [0.25, 0.3) is 0 Å². The maximum Gasteiger partial charge on any atom is 0.225 e. The molecule has 0 unspecified atom stereocenters. The van der Waals surface area contributed by atoms with Crippen molar-refractivity contribution in [1.29, 1.82) is 0 Å². The first-order valence-electron chi connectivity index (χ1n) is 9.24. The molecule has 5 nitrogen and oxygen atoms in total. The predicted octanol–water partition coefficient (Wildman–Crippen LogP) is 2.42. The molecule has 1 saturated carbocycles. The van der Waals surface area contributed by atoms with E-state index in [9.17, 15) is 9.59 Å². The Hall–Kier alpha value is -0.810. The molecule has 0 aromatic rings. The van der Waals surface area contributed by atoms with Crippen LogP contribution < -0.4 is 5.73 Å². The molecule has 0 aromatic carbocycles. The van der Waals surface area contributed by atoms with Crippen LogP contribution >= 0.6 is 12.4 Å². The van der Waals surface area contributed by atoms with E-state index in [4.69, 9.17) is 5.73 Å². The average molecular weight is 360 g/mol. The van der Waals surface area contributed by atoms with Crippen LogP contribution in [0.3, 0.4) is 0 Å². The molecule has 1 aliphatic carbocycles. The summed E-state index contributed by atoms with van der Waals surface area (Å²) in [7, 11) is 0. The highest BCUT2D eigenvalue weighted by Crippen LogP contribution is 2.38. The third kappa shape index (κ3) is 5.35. The summed E-state index contributed by atoms with van der Waals surface area (Å²) in [4.78, 5) is 28.8. The predicted molar refractivity (Wildman–Crippen MR) is 99.1 cm³/mol. The van der Waals surface area contributed by atoms with Crippen molar-refractivity contribution in [2.75, 3.05) is 32.7 Å². The smallest absolute Gasteiger partial charge is 0.225 e. The average Bonchev–Trinajstić information content (AvgIpc) is 2.81. The van der Waals surface area contributed by atoms with Crippen LogP contribution in [0, 0.1) is 11.3 Å². The molecular weight excluding hydrogens is 326 g/mol. The summed E-state index contributed by atoms with van der Waals surface area (Å²) >= 11 is 0. The first kappa shape index (κ1) is 21.2. The molecule has 2 N–H and O–H groups in total. The van der Waals surface area contributed by atoms with Gasteiger partial charge in [0, 0.05) is 38.5 Å². The zero-order chi connectivity index (χ0) is 16.9. The van der Waals surface area contributed by atoms with Gasteiger partial charge in [0.2, 0.25) is 11.8 Å². The van der Waals surface area contributed by atoms with E-state index >= 15 is 0 Å². The van der Waals surface area contributed by atoms with Gasteiger partial charge >= 0.3 is 0 Å². The Bertz CT molecular complexity index is 422. The van der Waals surface area contributed by atoms with Crippen LogP contribution in [0.5, 0.6) is 0 Å². The Morgan fingerprint density at radius 2 is 1.54 bits per heavy atom. The van der Waals surface area contributed by atoms with E-state index in [-0.39, 0.29) is 35.6 Å². The van der Waals surface area contributed by atoms with E-state index in [1.807, 2.05) is 23.6 Å². The number of hydrogen-bond acceptors (Lipinski definition) is 3. The molecule has 1 aliphatic heterocycles. The number of amides is 2. The third-order valence-corrected chi connectivity index (χ3v) is 5.53. The van der Waals surface area contributed by atoms with Crippen molar-refractivity contribution in [3.05, 3.63) is 0 Å². The highest BCUT2D eigenvalue weighted by molar-refractivity contribution is 5.85. The van der Waals surface area contributed by atoms with Crippen molar-refractivity contribution in [2.24, 2.45) is 17.1 Å². The summed E-state index contributed by atoms with van der Waals surface area (Å²) in [5.74, 6) is 0.459. The SMILES string of the molecule is CC(C)C(=O)N1CCCN(C(=O)CC2(CN)CCCCC2)CC1.Cl. The fourth-order valence-electron chi connectivity index (χ4n) is 3.94. The maximum atomic E-state index is 12.8. The topological polar surface area (TPSA) is 66.6 Å². The molecule has 2 amide bonds. The molecule has 24 heavy (non-hydrogen) atoms. The summed E-state index contributed by atoms with van der Waals surface area (Å²) in [5.41, 5.74) is 6.04. The second kappa shape index (κ2) is 9.62. The minimum absolute atomic E-state index is 0. The molecule has 2 rings (SSSR count). The van der Waals surface area contributed by atoms with Gasteiger partial charge in [0.05, 0.1) is 0 Å². The number of rotatable bonds is 4. The van der Waals surface area contributed by atoms with E-state index in [0.29, 0.717) is 26.1 Å². The van der Waals surface area contributed by atoms with Crippen LogP contribution in [0.1, 0.15) is 58.8 Å². The maximum absolute atomic E-state index is 12.8. The zero-order valence-electron chi connectivity index (χ0n) is 15.3. The third-order valence-electron chi connectivity index (χ3n) is 5.53. The van der Waals surface area contributed by atoms with Gasteiger partial charge < -0.3 is 15.5 Å². The lowest BCUT2D eigenvalue weighted by molar-refractivity contribution is -0.136. The van der Waals surface area contributed by atoms with Gasteiger partial charge in [-0.25, -0.2) is 0 Å². The summed E-state index contributed by atoms with van der Waals surface area (Å²) in [6.45, 7) is 7.35. The van der Waals surface area contributed by atoms with Gasteiger partial charge in [-0.2, -0.15) is 0 Å². The highest BCUT2D eigenvalue weighted by atomic mass is 35.5. The van der Waals surface area contributed by atoms with Gasteiger partial charge in [0.1, 0.15) is 0 Å². The van der Waals surface area contributed by atoms with Crippen molar-refractivity contribution >= 4 is 24.2 Å². The summed E-state index contributed by atoms with van der Waals surface area (Å²) in [5, 5.41) is 0. The fourth-order valence-corrected chi connectivity index (χ4v) is 3.94. The Balaban J connectivity index is 0.00000288. The molecule has 0 aromatic heterocycles.